The number of anilines is 2. The lowest BCUT2D eigenvalue weighted by molar-refractivity contribution is -0.0519. The Morgan fingerprint density at radius 3 is 2.44 bits per heavy atom. The minimum absolute atomic E-state index is 0.0147. The monoisotopic (exact) mass is 559 g/mol. The molecule has 0 atom stereocenters. The van der Waals surface area contributed by atoms with Gasteiger partial charge in [-0.05, 0) is 24.3 Å². The van der Waals surface area contributed by atoms with Gasteiger partial charge >= 0.3 is 0 Å². The fourth-order valence-electron chi connectivity index (χ4n) is 3.72. The minimum Gasteiger partial charge on any atom is -0.489 e. The number of ether oxygens (including phenoxy) is 3. The zero-order valence-electron chi connectivity index (χ0n) is 20.9. The summed E-state index contributed by atoms with van der Waals surface area (Å²) in [6, 6.07) is 12.6. The number of nitrogens with zero attached hydrogens (tertiary/aromatic N) is 3. The number of nitrogens with one attached hydrogen (secondary N) is 1. The summed E-state index contributed by atoms with van der Waals surface area (Å²) < 4.78 is 44.0. The highest BCUT2D eigenvalue weighted by molar-refractivity contribution is 7.89. The number of hydrogen-bond donors (Lipinski definition) is 4. The van der Waals surface area contributed by atoms with E-state index in [9.17, 15) is 23.4 Å². The number of hydrogen-bond acceptors (Lipinski definition) is 11. The van der Waals surface area contributed by atoms with E-state index in [0.29, 0.717) is 17.0 Å². The number of aliphatic hydroxyl groups excluding tert-OH is 1. The number of aliphatic hydroxyl groups is 2. The first-order valence-corrected chi connectivity index (χ1v) is 13.5. The average molecular weight is 560 g/mol. The predicted octanol–water partition coefficient (Wildman–Crippen LogP) is 0.705. The molecule has 0 saturated carbocycles. The van der Waals surface area contributed by atoms with Crippen molar-refractivity contribution in [3.8, 4) is 17.0 Å². The number of carbonyl (C=O) groups is 1. The van der Waals surface area contributed by atoms with Crippen molar-refractivity contribution in [2.24, 2.45) is 0 Å². The minimum atomic E-state index is -4.09. The van der Waals surface area contributed by atoms with E-state index in [1.54, 1.807) is 24.3 Å². The smallest absolute Gasteiger partial charge is 0.278 e. The van der Waals surface area contributed by atoms with Gasteiger partial charge in [0, 0.05) is 12.1 Å². The van der Waals surface area contributed by atoms with Gasteiger partial charge in [0.25, 0.3) is 5.91 Å². The van der Waals surface area contributed by atoms with Crippen molar-refractivity contribution in [2.45, 2.75) is 11.2 Å². The van der Waals surface area contributed by atoms with E-state index in [-0.39, 0.29) is 61.7 Å². The van der Waals surface area contributed by atoms with Crippen LogP contribution in [-0.2, 0) is 19.5 Å². The van der Waals surface area contributed by atoms with Gasteiger partial charge in [-0.25, -0.2) is 18.4 Å². The second kappa shape index (κ2) is 12.9. The van der Waals surface area contributed by atoms with Crippen LogP contribution in [0, 0.1) is 0 Å². The molecule has 5 N–H and O–H groups in total. The van der Waals surface area contributed by atoms with E-state index in [1.807, 2.05) is 0 Å². The van der Waals surface area contributed by atoms with Crippen LogP contribution in [0.4, 0.5) is 11.5 Å². The van der Waals surface area contributed by atoms with Gasteiger partial charge in [-0.2, -0.15) is 4.31 Å². The van der Waals surface area contributed by atoms with Crippen LogP contribution in [0.2, 0.25) is 0 Å². The van der Waals surface area contributed by atoms with Crippen molar-refractivity contribution >= 4 is 27.4 Å². The first-order chi connectivity index (χ1) is 18.8. The van der Waals surface area contributed by atoms with Crippen molar-refractivity contribution in [3.63, 3.8) is 0 Å². The van der Waals surface area contributed by atoms with Crippen molar-refractivity contribution in [1.29, 1.82) is 0 Å². The van der Waals surface area contributed by atoms with Gasteiger partial charge in [0.15, 0.2) is 17.8 Å². The van der Waals surface area contributed by atoms with Crippen LogP contribution < -0.4 is 15.8 Å². The predicted molar refractivity (Wildman–Crippen MR) is 140 cm³/mol. The fourth-order valence-corrected chi connectivity index (χ4v) is 5.14. The number of nitrogen functional groups attached to an aromatic ring is 1. The summed E-state index contributed by atoms with van der Waals surface area (Å²) >= 11 is 0. The summed E-state index contributed by atoms with van der Waals surface area (Å²) in [5.74, 6) is -0.263. The molecule has 13 nitrogen and oxygen atoms in total. The maximum absolute atomic E-state index is 13.2. The molecule has 0 aliphatic carbocycles. The maximum atomic E-state index is 13.2. The third kappa shape index (κ3) is 7.26. The topological polar surface area (TPSA) is 186 Å². The fraction of sp³-hybridized carbons (Fsp3) is 0.320. The van der Waals surface area contributed by atoms with Crippen LogP contribution in [0.1, 0.15) is 10.5 Å². The summed E-state index contributed by atoms with van der Waals surface area (Å²) in [5, 5.41) is 21.6. The highest BCUT2D eigenvalue weighted by Gasteiger charge is 2.26. The molecule has 1 aromatic heterocycles. The van der Waals surface area contributed by atoms with E-state index in [0.717, 1.165) is 4.31 Å². The van der Waals surface area contributed by atoms with Crippen molar-refractivity contribution in [1.82, 2.24) is 14.3 Å². The van der Waals surface area contributed by atoms with E-state index in [2.05, 4.69) is 15.3 Å². The molecule has 3 heterocycles. The first kappa shape index (κ1) is 28.4. The number of amides is 1. The molecule has 1 amide bonds. The Bertz CT molecular complexity index is 1390. The molecule has 5 rings (SSSR count). The molecule has 2 aliphatic rings. The molecule has 208 valence electrons. The summed E-state index contributed by atoms with van der Waals surface area (Å²) in [6.07, 6.45) is -0.502. The number of fused-ring (bicyclic) bond motifs is 13. The lowest BCUT2D eigenvalue weighted by atomic mass is 10.1. The van der Waals surface area contributed by atoms with Gasteiger partial charge in [0.2, 0.25) is 10.0 Å². The normalized spacial score (nSPS) is 17.4. The average Bonchev–Trinajstić information content (AvgIpc) is 2.92. The Kier molecular flexibility index (Phi) is 9.40. The Balaban J connectivity index is 1.66. The summed E-state index contributed by atoms with van der Waals surface area (Å²) in [4.78, 5) is 21.4. The van der Waals surface area contributed by atoms with E-state index < -0.39 is 28.8 Å². The quantitative estimate of drug-likeness (QED) is 0.256. The van der Waals surface area contributed by atoms with Gasteiger partial charge in [0.05, 0.1) is 55.4 Å². The Hall–Kier alpha value is -3.66. The lowest BCUT2D eigenvalue weighted by Crippen LogP contribution is -2.39. The second-order valence-corrected chi connectivity index (χ2v) is 10.3. The second-order valence-electron chi connectivity index (χ2n) is 8.38. The molecule has 4 bridgehead atoms. The molecule has 14 heteroatoms. The Labute approximate surface area is 225 Å². The Morgan fingerprint density at radius 1 is 1.00 bits per heavy atom. The van der Waals surface area contributed by atoms with E-state index in [4.69, 9.17) is 19.9 Å². The molecular weight excluding hydrogens is 530 g/mol. The Morgan fingerprint density at radius 2 is 1.69 bits per heavy atom. The van der Waals surface area contributed by atoms with Gasteiger partial charge in [-0.3, -0.25) is 4.79 Å². The molecule has 0 radical (unpaired) electrons. The third-order valence-corrected chi connectivity index (χ3v) is 7.53. The molecule has 2 aliphatic heterocycles. The number of carbonyl (C=O) groups excluding carboxylic acids is 1. The summed E-state index contributed by atoms with van der Waals surface area (Å²) in [7, 11) is -4.09. The first-order valence-electron chi connectivity index (χ1n) is 12.0. The van der Waals surface area contributed by atoms with Crippen molar-refractivity contribution < 1.29 is 37.6 Å². The molecule has 0 saturated heterocycles. The number of aromatic nitrogens is 2. The van der Waals surface area contributed by atoms with Crippen LogP contribution in [0.5, 0.6) is 5.75 Å². The number of rotatable bonds is 2. The zero-order chi connectivity index (χ0) is 27.8. The van der Waals surface area contributed by atoms with Crippen LogP contribution in [0.15, 0.2) is 59.6 Å². The van der Waals surface area contributed by atoms with E-state index in [1.165, 1.54) is 30.5 Å². The SMILES string of the molecule is Nc1ncc2nc1C(=O)Nc1ccccc1OCCOCCOCCN(CC(O)O)S(=O)(=O)c1ccc-2cc1. The molecule has 0 spiro atoms. The zero-order valence-corrected chi connectivity index (χ0v) is 21.7. The van der Waals surface area contributed by atoms with Crippen LogP contribution in [-0.4, -0.2) is 91.2 Å². The standard InChI is InChI=1S/C25H29N5O8S/c26-24-23-25(33)29-19-3-1-2-4-21(19)38-14-13-37-12-11-36-10-9-30(16-22(31)32)39(34,35)18-7-5-17(6-8-18)20(28-23)15-27-24/h1-8,15,22,31-32H,9-14,16H2,(H2,26,27)(H,29,33). The largest absolute Gasteiger partial charge is 0.489 e. The lowest BCUT2D eigenvalue weighted by Gasteiger charge is -2.23. The van der Waals surface area contributed by atoms with Crippen molar-refractivity contribution in [3.05, 3.63) is 60.4 Å². The number of benzene rings is 2. The van der Waals surface area contributed by atoms with Crippen molar-refractivity contribution in [2.75, 3.05) is 57.2 Å². The molecule has 3 aromatic rings. The van der Waals surface area contributed by atoms with Gasteiger partial charge in [0.1, 0.15) is 12.4 Å². The maximum Gasteiger partial charge on any atom is 0.278 e. The van der Waals surface area contributed by atoms with Crippen LogP contribution in [0.3, 0.4) is 0 Å². The molecule has 2 aromatic carbocycles. The van der Waals surface area contributed by atoms with Gasteiger partial charge in [-0.1, -0.05) is 24.3 Å². The molecule has 0 fully saturated rings. The third-order valence-electron chi connectivity index (χ3n) is 5.65. The molecular formula is C25H29N5O8S. The molecule has 0 unspecified atom stereocenters. The number of nitrogens with two attached hydrogens (primary N) is 1. The number of sulfonamides is 1. The summed E-state index contributed by atoms with van der Waals surface area (Å²) in [5.41, 5.74) is 7.01. The highest BCUT2D eigenvalue weighted by Crippen LogP contribution is 2.26. The number of para-hydroxylation sites is 2. The molecule has 39 heavy (non-hydrogen) atoms. The van der Waals surface area contributed by atoms with E-state index >= 15 is 0 Å². The van der Waals surface area contributed by atoms with Crippen LogP contribution >= 0.6 is 0 Å². The van der Waals surface area contributed by atoms with Gasteiger partial charge < -0.3 is 35.5 Å². The van der Waals surface area contributed by atoms with Crippen LogP contribution in [0.25, 0.3) is 11.3 Å². The highest BCUT2D eigenvalue weighted by atomic mass is 32.2. The summed E-state index contributed by atoms with van der Waals surface area (Å²) in [6.45, 7) is 0.220. The van der Waals surface area contributed by atoms with Gasteiger partial charge in [-0.15, -0.1) is 0 Å².